The molecule has 2 fully saturated rings. The maximum absolute atomic E-state index is 12.0. The molecule has 0 N–H and O–H groups in total. The molecule has 0 aromatic heterocycles. The van der Waals surface area contributed by atoms with E-state index in [0.29, 0.717) is 12.5 Å². The lowest BCUT2D eigenvalue weighted by Crippen LogP contribution is -2.44. The fraction of sp³-hybridized carbons (Fsp3) is 0.923. The molecule has 0 unspecified atom stereocenters. The molecule has 2 atom stereocenters. The van der Waals surface area contributed by atoms with Crippen LogP contribution >= 0.6 is 21.6 Å². The van der Waals surface area contributed by atoms with Gasteiger partial charge in [-0.1, -0.05) is 28.0 Å². The number of rotatable bonds is 5. The number of carbonyl (C=O) groups is 1. The first-order valence-electron chi connectivity index (χ1n) is 6.93. The Kier molecular flexibility index (Phi) is 6.18. The average molecular weight is 289 g/mol. The lowest BCUT2D eigenvalue weighted by atomic mass is 10.1. The highest BCUT2D eigenvalue weighted by atomic mass is 33.1. The number of unbranched alkanes of at least 4 members (excludes halogenated alkanes) is 1. The van der Waals surface area contributed by atoms with Gasteiger partial charge in [0, 0.05) is 30.5 Å². The van der Waals surface area contributed by atoms with Gasteiger partial charge in [-0.25, -0.2) is 0 Å². The molecule has 2 aliphatic heterocycles. The van der Waals surface area contributed by atoms with Crippen molar-refractivity contribution in [3.05, 3.63) is 0 Å². The SMILES string of the molecule is C[C@H]1CN(C(=O)CCCC[C@@H]2CCSS2)CCO1. The zero-order chi connectivity index (χ0) is 12.8. The van der Waals surface area contributed by atoms with Crippen molar-refractivity contribution in [3.63, 3.8) is 0 Å². The third kappa shape index (κ3) is 4.67. The maximum Gasteiger partial charge on any atom is 0.222 e. The minimum absolute atomic E-state index is 0.203. The van der Waals surface area contributed by atoms with Crippen molar-refractivity contribution in [1.29, 1.82) is 0 Å². The summed E-state index contributed by atoms with van der Waals surface area (Å²) in [6, 6.07) is 0. The van der Waals surface area contributed by atoms with Gasteiger partial charge in [-0.2, -0.15) is 0 Å². The van der Waals surface area contributed by atoms with E-state index in [1.165, 1.54) is 25.0 Å². The largest absolute Gasteiger partial charge is 0.375 e. The van der Waals surface area contributed by atoms with E-state index in [1.54, 1.807) is 0 Å². The molecule has 0 aliphatic carbocycles. The van der Waals surface area contributed by atoms with Gasteiger partial charge in [0.05, 0.1) is 12.7 Å². The van der Waals surface area contributed by atoms with Crippen LogP contribution in [0.2, 0.25) is 0 Å². The molecule has 104 valence electrons. The fourth-order valence-corrected chi connectivity index (χ4v) is 5.44. The maximum atomic E-state index is 12.0. The predicted molar refractivity (Wildman–Crippen MR) is 78.9 cm³/mol. The highest BCUT2D eigenvalue weighted by Crippen LogP contribution is 2.39. The number of amides is 1. The molecular weight excluding hydrogens is 266 g/mol. The van der Waals surface area contributed by atoms with Crippen LogP contribution in [-0.2, 0) is 9.53 Å². The number of carbonyl (C=O) groups excluding carboxylic acids is 1. The van der Waals surface area contributed by atoms with Crippen LogP contribution in [0.1, 0.15) is 39.0 Å². The standard InChI is InChI=1S/C13H23NO2S2/c1-11-10-14(7-8-16-11)13(15)5-3-2-4-12-6-9-17-18-12/h11-12H,2-10H2,1H3/t11-,12+/m0/s1. The number of nitrogens with zero attached hydrogens (tertiary/aromatic N) is 1. The number of hydrogen-bond donors (Lipinski definition) is 0. The Hall–Kier alpha value is 0.130. The molecule has 0 aromatic carbocycles. The molecule has 2 aliphatic rings. The molecule has 2 rings (SSSR count). The average Bonchev–Trinajstić information content (AvgIpc) is 2.87. The van der Waals surface area contributed by atoms with E-state index < -0.39 is 0 Å². The summed E-state index contributed by atoms with van der Waals surface area (Å²) in [5.74, 6) is 1.62. The second kappa shape index (κ2) is 7.65. The van der Waals surface area contributed by atoms with Gasteiger partial charge in [-0.05, 0) is 26.2 Å². The predicted octanol–water partition coefficient (Wildman–Crippen LogP) is 2.95. The fourth-order valence-electron chi connectivity index (χ4n) is 2.42. The zero-order valence-electron chi connectivity index (χ0n) is 11.1. The Balaban J connectivity index is 1.56. The third-order valence-electron chi connectivity index (χ3n) is 3.49. The van der Waals surface area contributed by atoms with Crippen LogP contribution in [0.15, 0.2) is 0 Å². The first kappa shape index (κ1) is 14.5. The normalized spacial score (nSPS) is 28.6. The topological polar surface area (TPSA) is 29.5 Å². The van der Waals surface area contributed by atoms with Crippen LogP contribution in [0.5, 0.6) is 0 Å². The molecule has 0 bridgehead atoms. The quantitative estimate of drug-likeness (QED) is 0.575. The Labute approximate surface area is 118 Å². The lowest BCUT2D eigenvalue weighted by Gasteiger charge is -2.31. The van der Waals surface area contributed by atoms with E-state index in [1.807, 2.05) is 33.4 Å². The van der Waals surface area contributed by atoms with Crippen molar-refractivity contribution in [3.8, 4) is 0 Å². The molecule has 0 spiro atoms. The summed E-state index contributed by atoms with van der Waals surface area (Å²) >= 11 is 0. The molecule has 18 heavy (non-hydrogen) atoms. The van der Waals surface area contributed by atoms with E-state index in [9.17, 15) is 4.79 Å². The third-order valence-corrected chi connectivity index (χ3v) is 6.49. The number of morpholine rings is 1. The first-order valence-corrected chi connectivity index (χ1v) is 9.31. The summed E-state index contributed by atoms with van der Waals surface area (Å²) in [6.07, 6.45) is 5.80. The van der Waals surface area contributed by atoms with Crippen LogP contribution < -0.4 is 0 Å². The molecule has 1 amide bonds. The minimum Gasteiger partial charge on any atom is -0.375 e. The van der Waals surface area contributed by atoms with E-state index in [-0.39, 0.29) is 6.10 Å². The summed E-state index contributed by atoms with van der Waals surface area (Å²) in [4.78, 5) is 14.0. The molecule has 0 saturated carbocycles. The van der Waals surface area contributed by atoms with Crippen molar-refractivity contribution in [2.24, 2.45) is 0 Å². The molecular formula is C13H23NO2S2. The Morgan fingerprint density at radius 1 is 1.44 bits per heavy atom. The van der Waals surface area contributed by atoms with Gasteiger partial charge in [-0.3, -0.25) is 4.79 Å². The smallest absolute Gasteiger partial charge is 0.222 e. The van der Waals surface area contributed by atoms with Crippen molar-refractivity contribution in [2.45, 2.75) is 50.4 Å². The summed E-state index contributed by atoms with van der Waals surface area (Å²) in [5.41, 5.74) is 0. The monoisotopic (exact) mass is 289 g/mol. The van der Waals surface area contributed by atoms with Gasteiger partial charge >= 0.3 is 0 Å². The van der Waals surface area contributed by atoms with Gasteiger partial charge in [0.1, 0.15) is 0 Å². The second-order valence-electron chi connectivity index (χ2n) is 5.10. The van der Waals surface area contributed by atoms with Gasteiger partial charge in [0.2, 0.25) is 5.91 Å². The second-order valence-corrected chi connectivity index (χ2v) is 7.88. The van der Waals surface area contributed by atoms with E-state index in [4.69, 9.17) is 4.74 Å². The van der Waals surface area contributed by atoms with Crippen molar-refractivity contribution in [2.75, 3.05) is 25.4 Å². The Morgan fingerprint density at radius 2 is 2.33 bits per heavy atom. The molecule has 2 heterocycles. The van der Waals surface area contributed by atoms with Crippen LogP contribution in [0.25, 0.3) is 0 Å². The van der Waals surface area contributed by atoms with Crippen LogP contribution in [-0.4, -0.2) is 47.6 Å². The zero-order valence-corrected chi connectivity index (χ0v) is 12.7. The van der Waals surface area contributed by atoms with Crippen molar-refractivity contribution in [1.82, 2.24) is 4.90 Å². The number of ether oxygens (including phenoxy) is 1. The van der Waals surface area contributed by atoms with Gasteiger partial charge in [-0.15, -0.1) is 0 Å². The van der Waals surface area contributed by atoms with Gasteiger partial charge in [0.15, 0.2) is 0 Å². The van der Waals surface area contributed by atoms with E-state index >= 15 is 0 Å². The molecule has 5 heteroatoms. The van der Waals surface area contributed by atoms with Crippen LogP contribution in [0, 0.1) is 0 Å². The molecule has 0 aromatic rings. The summed E-state index contributed by atoms with van der Waals surface area (Å²) < 4.78 is 5.45. The van der Waals surface area contributed by atoms with Crippen molar-refractivity contribution >= 4 is 27.5 Å². The lowest BCUT2D eigenvalue weighted by molar-refractivity contribution is -0.138. The molecule has 3 nitrogen and oxygen atoms in total. The van der Waals surface area contributed by atoms with Gasteiger partial charge < -0.3 is 9.64 Å². The van der Waals surface area contributed by atoms with Crippen LogP contribution in [0.3, 0.4) is 0 Å². The van der Waals surface area contributed by atoms with E-state index in [2.05, 4.69) is 0 Å². The highest BCUT2D eigenvalue weighted by molar-refractivity contribution is 8.77. The first-order chi connectivity index (χ1) is 8.75. The summed E-state index contributed by atoms with van der Waals surface area (Å²) in [5, 5.41) is 0.841. The summed E-state index contributed by atoms with van der Waals surface area (Å²) in [7, 11) is 4.03. The minimum atomic E-state index is 0.203. The van der Waals surface area contributed by atoms with Crippen LogP contribution in [0.4, 0.5) is 0 Å². The van der Waals surface area contributed by atoms with Gasteiger partial charge in [0.25, 0.3) is 0 Å². The number of hydrogen-bond acceptors (Lipinski definition) is 4. The highest BCUT2D eigenvalue weighted by Gasteiger charge is 2.21. The summed E-state index contributed by atoms with van der Waals surface area (Å²) in [6.45, 7) is 4.28. The molecule has 0 radical (unpaired) electrons. The Bertz CT molecular complexity index is 270. The Morgan fingerprint density at radius 3 is 3.06 bits per heavy atom. The van der Waals surface area contributed by atoms with Crippen molar-refractivity contribution < 1.29 is 9.53 Å². The molecule has 2 saturated heterocycles. The van der Waals surface area contributed by atoms with E-state index in [0.717, 1.165) is 31.2 Å².